The summed E-state index contributed by atoms with van der Waals surface area (Å²) >= 11 is 0. The fourth-order valence-electron chi connectivity index (χ4n) is 4.70. The lowest BCUT2D eigenvalue weighted by Gasteiger charge is -2.42. The molecule has 4 nitrogen and oxygen atoms in total. The van der Waals surface area contributed by atoms with E-state index in [1.54, 1.807) is 0 Å². The van der Waals surface area contributed by atoms with Crippen molar-refractivity contribution in [3.05, 3.63) is 0 Å². The van der Waals surface area contributed by atoms with Gasteiger partial charge in [-0.3, -0.25) is 9.69 Å². The number of hydrogen-bond donors (Lipinski definition) is 2. The molecular weight excluding hydrogens is 238 g/mol. The summed E-state index contributed by atoms with van der Waals surface area (Å²) in [5, 5.41) is 3.22. The van der Waals surface area contributed by atoms with Gasteiger partial charge in [-0.05, 0) is 57.4 Å². The van der Waals surface area contributed by atoms with E-state index >= 15 is 0 Å². The van der Waals surface area contributed by atoms with Crippen LogP contribution >= 0.6 is 0 Å². The third kappa shape index (κ3) is 2.29. The molecule has 0 radical (unpaired) electrons. The van der Waals surface area contributed by atoms with E-state index in [9.17, 15) is 4.79 Å². The second-order valence-electron chi connectivity index (χ2n) is 6.85. The topological polar surface area (TPSA) is 58.4 Å². The van der Waals surface area contributed by atoms with Crippen LogP contribution in [0.3, 0.4) is 0 Å². The van der Waals surface area contributed by atoms with Gasteiger partial charge in [0.25, 0.3) is 0 Å². The first kappa shape index (κ1) is 13.4. The van der Waals surface area contributed by atoms with E-state index in [1.807, 2.05) is 7.05 Å². The van der Waals surface area contributed by atoms with Crippen molar-refractivity contribution in [1.82, 2.24) is 10.2 Å². The molecule has 0 bridgehead atoms. The molecule has 0 aromatic heterocycles. The Hall–Kier alpha value is -0.610. The molecule has 0 aromatic rings. The average molecular weight is 265 g/mol. The number of nitrogens with zero attached hydrogens (tertiary/aromatic N) is 1. The molecule has 19 heavy (non-hydrogen) atoms. The molecule has 0 spiro atoms. The fraction of sp³-hybridized carbons (Fsp3) is 0.933. The van der Waals surface area contributed by atoms with E-state index in [1.165, 1.54) is 38.8 Å². The third-order valence-electron chi connectivity index (χ3n) is 5.95. The maximum Gasteiger partial charge on any atom is 0.237 e. The molecule has 1 saturated heterocycles. The van der Waals surface area contributed by atoms with Crippen molar-refractivity contribution in [3.63, 3.8) is 0 Å². The highest BCUT2D eigenvalue weighted by Gasteiger charge is 2.45. The van der Waals surface area contributed by atoms with Crippen LogP contribution < -0.4 is 11.1 Å². The number of nitrogens with two attached hydrogens (primary N) is 1. The summed E-state index contributed by atoms with van der Waals surface area (Å²) in [5.41, 5.74) is 5.19. The van der Waals surface area contributed by atoms with Gasteiger partial charge in [-0.15, -0.1) is 0 Å². The number of rotatable bonds is 3. The molecule has 2 aliphatic carbocycles. The third-order valence-corrected chi connectivity index (χ3v) is 5.95. The highest BCUT2D eigenvalue weighted by Crippen LogP contribution is 2.41. The first-order valence-electron chi connectivity index (χ1n) is 7.87. The molecule has 4 heteroatoms. The Bertz CT molecular complexity index is 347. The summed E-state index contributed by atoms with van der Waals surface area (Å²) in [6.45, 7) is 2.52. The lowest BCUT2D eigenvalue weighted by Crippen LogP contribution is -2.59. The molecule has 3 fully saturated rings. The molecule has 1 aliphatic heterocycles. The molecule has 1 heterocycles. The molecule has 0 aromatic carbocycles. The van der Waals surface area contributed by atoms with E-state index < -0.39 is 5.54 Å². The second-order valence-corrected chi connectivity index (χ2v) is 6.85. The van der Waals surface area contributed by atoms with Crippen LogP contribution in [0.2, 0.25) is 0 Å². The van der Waals surface area contributed by atoms with Gasteiger partial charge in [0.1, 0.15) is 0 Å². The van der Waals surface area contributed by atoms with Crippen molar-refractivity contribution in [1.29, 1.82) is 0 Å². The highest BCUT2D eigenvalue weighted by atomic mass is 16.1. The van der Waals surface area contributed by atoms with Crippen molar-refractivity contribution >= 4 is 5.91 Å². The molecule has 108 valence electrons. The summed E-state index contributed by atoms with van der Waals surface area (Å²) in [7, 11) is 1.88. The molecular formula is C15H27N3O. The molecule has 3 rings (SSSR count). The maximum atomic E-state index is 11.8. The van der Waals surface area contributed by atoms with Crippen LogP contribution in [0.25, 0.3) is 0 Å². The van der Waals surface area contributed by atoms with E-state index in [0.29, 0.717) is 6.04 Å². The lowest BCUT2D eigenvalue weighted by molar-refractivity contribution is -0.126. The van der Waals surface area contributed by atoms with E-state index in [4.69, 9.17) is 5.73 Å². The summed E-state index contributed by atoms with van der Waals surface area (Å²) in [6, 6.07) is 0.555. The van der Waals surface area contributed by atoms with Gasteiger partial charge in [-0.2, -0.15) is 0 Å². The van der Waals surface area contributed by atoms with Crippen molar-refractivity contribution in [2.45, 2.75) is 56.5 Å². The van der Waals surface area contributed by atoms with Gasteiger partial charge < -0.3 is 11.1 Å². The van der Waals surface area contributed by atoms with Crippen LogP contribution in [0.5, 0.6) is 0 Å². The Morgan fingerprint density at radius 1 is 1.21 bits per heavy atom. The molecule has 4 atom stereocenters. The molecule has 1 amide bonds. The number of nitrogens with one attached hydrogen (secondary N) is 1. The molecule has 4 unspecified atom stereocenters. The molecule has 3 aliphatic rings. The van der Waals surface area contributed by atoms with Crippen LogP contribution in [0.1, 0.15) is 44.9 Å². The second kappa shape index (κ2) is 5.06. The zero-order chi connectivity index (χ0) is 13.5. The minimum absolute atomic E-state index is 0.168. The lowest BCUT2D eigenvalue weighted by atomic mass is 9.78. The minimum atomic E-state index is -0.458. The molecule has 3 N–H and O–H groups in total. The van der Waals surface area contributed by atoms with E-state index in [0.717, 1.165) is 31.1 Å². The number of likely N-dealkylation sites (N-methyl/N-ethyl adjacent to an activating group) is 1. The van der Waals surface area contributed by atoms with Crippen LogP contribution in [-0.4, -0.2) is 42.5 Å². The van der Waals surface area contributed by atoms with Gasteiger partial charge in [0.05, 0.1) is 5.54 Å². The van der Waals surface area contributed by atoms with Gasteiger partial charge in [-0.25, -0.2) is 0 Å². The number of likely N-dealkylation sites (tertiary alicyclic amines) is 1. The van der Waals surface area contributed by atoms with Gasteiger partial charge in [0, 0.05) is 19.1 Å². The SMILES string of the molecule is CNC1(C(N)=O)CCCC(N2CC3CCCC3C2)C1. The van der Waals surface area contributed by atoms with E-state index in [-0.39, 0.29) is 5.91 Å². The van der Waals surface area contributed by atoms with Crippen molar-refractivity contribution in [3.8, 4) is 0 Å². The van der Waals surface area contributed by atoms with Crippen molar-refractivity contribution < 1.29 is 4.79 Å². The summed E-state index contributed by atoms with van der Waals surface area (Å²) < 4.78 is 0. The first-order chi connectivity index (χ1) is 9.14. The Balaban J connectivity index is 1.67. The summed E-state index contributed by atoms with van der Waals surface area (Å²) in [6.07, 6.45) is 8.40. The number of amides is 1. The van der Waals surface area contributed by atoms with Crippen LogP contribution in [0, 0.1) is 11.8 Å². The Morgan fingerprint density at radius 2 is 1.89 bits per heavy atom. The predicted octanol–water partition coefficient (Wildman–Crippen LogP) is 1.10. The number of fused-ring (bicyclic) bond motifs is 1. The zero-order valence-electron chi connectivity index (χ0n) is 12.0. The van der Waals surface area contributed by atoms with Crippen LogP contribution in [0.15, 0.2) is 0 Å². The number of carbonyl (C=O) groups excluding carboxylic acids is 1. The Kier molecular flexibility index (Phi) is 3.56. The summed E-state index contributed by atoms with van der Waals surface area (Å²) in [5.74, 6) is 1.69. The standard InChI is InChI=1S/C15H27N3O/c1-17-15(14(16)19)7-3-6-13(8-15)18-9-11-4-2-5-12(11)10-18/h11-13,17H,2-10H2,1H3,(H2,16,19). The number of carbonyl (C=O) groups is 1. The maximum absolute atomic E-state index is 11.8. The molecule has 2 saturated carbocycles. The normalized spacial score (nSPS) is 43.3. The van der Waals surface area contributed by atoms with Crippen LogP contribution in [0.4, 0.5) is 0 Å². The monoisotopic (exact) mass is 265 g/mol. The smallest absolute Gasteiger partial charge is 0.237 e. The quantitative estimate of drug-likeness (QED) is 0.803. The van der Waals surface area contributed by atoms with Gasteiger partial charge in [-0.1, -0.05) is 6.42 Å². The number of primary amides is 1. The largest absolute Gasteiger partial charge is 0.368 e. The fourth-order valence-corrected chi connectivity index (χ4v) is 4.70. The minimum Gasteiger partial charge on any atom is -0.368 e. The zero-order valence-corrected chi connectivity index (χ0v) is 12.0. The van der Waals surface area contributed by atoms with Gasteiger partial charge >= 0.3 is 0 Å². The van der Waals surface area contributed by atoms with E-state index in [2.05, 4.69) is 10.2 Å². The number of hydrogen-bond acceptors (Lipinski definition) is 3. The summed E-state index contributed by atoms with van der Waals surface area (Å²) in [4.78, 5) is 14.5. The Labute approximate surface area is 116 Å². The average Bonchev–Trinajstić information content (AvgIpc) is 2.99. The van der Waals surface area contributed by atoms with Gasteiger partial charge in [0.15, 0.2) is 0 Å². The van der Waals surface area contributed by atoms with Crippen molar-refractivity contribution in [2.24, 2.45) is 17.6 Å². The van der Waals surface area contributed by atoms with Crippen LogP contribution in [-0.2, 0) is 4.79 Å². The highest BCUT2D eigenvalue weighted by molar-refractivity contribution is 5.84. The Morgan fingerprint density at radius 3 is 2.47 bits per heavy atom. The van der Waals surface area contributed by atoms with Gasteiger partial charge in [0.2, 0.25) is 5.91 Å². The first-order valence-corrected chi connectivity index (χ1v) is 7.87. The predicted molar refractivity (Wildman–Crippen MR) is 75.6 cm³/mol. The van der Waals surface area contributed by atoms with Crippen molar-refractivity contribution in [2.75, 3.05) is 20.1 Å².